The van der Waals surface area contributed by atoms with Crippen LogP contribution in [0.25, 0.3) is 0 Å². The fourth-order valence-corrected chi connectivity index (χ4v) is 1.66. The Morgan fingerprint density at radius 2 is 1.71 bits per heavy atom. The topological polar surface area (TPSA) is 71.4 Å². The molecule has 0 radical (unpaired) electrons. The molecule has 0 bridgehead atoms. The van der Waals surface area contributed by atoms with Crippen LogP contribution in [0.1, 0.15) is 45.4 Å². The molecule has 0 atom stereocenters. The number of rotatable bonds is 8. The molecular formula is C9H18O4S. The molecule has 0 spiro atoms. The molecule has 0 aliphatic rings. The third-order valence-corrected chi connectivity index (χ3v) is 2.72. The molecule has 0 unspecified atom stereocenters. The molecule has 0 aliphatic carbocycles. The molecule has 0 amide bonds. The smallest absolute Gasteiger partial charge is 0.264 e. The summed E-state index contributed by atoms with van der Waals surface area (Å²) in [6.07, 6.45) is 3.98. The Balaban J connectivity index is 3.45. The molecule has 1 N–H and O–H groups in total. The monoisotopic (exact) mass is 222 g/mol. The zero-order valence-corrected chi connectivity index (χ0v) is 9.35. The maximum Gasteiger partial charge on any atom is 0.264 e. The van der Waals surface area contributed by atoms with Crippen LogP contribution in [0.5, 0.6) is 0 Å². The van der Waals surface area contributed by atoms with Gasteiger partial charge in [-0.1, -0.05) is 19.8 Å². The molecule has 0 heterocycles. The summed E-state index contributed by atoms with van der Waals surface area (Å²) in [5.41, 5.74) is 0. The SMILES string of the molecule is CCCCCC(=O)CCCS(=O)(=O)O. The summed E-state index contributed by atoms with van der Waals surface area (Å²) in [5.74, 6) is -0.228. The van der Waals surface area contributed by atoms with Gasteiger partial charge in [0.1, 0.15) is 5.78 Å². The van der Waals surface area contributed by atoms with Crippen molar-refractivity contribution in [2.24, 2.45) is 0 Å². The van der Waals surface area contributed by atoms with E-state index in [1.165, 1.54) is 0 Å². The van der Waals surface area contributed by atoms with E-state index >= 15 is 0 Å². The maximum atomic E-state index is 11.1. The van der Waals surface area contributed by atoms with Gasteiger partial charge in [0.2, 0.25) is 0 Å². The van der Waals surface area contributed by atoms with Gasteiger partial charge in [0.25, 0.3) is 10.1 Å². The standard InChI is InChI=1S/C9H18O4S/c1-2-3-4-6-9(10)7-5-8-14(11,12)13/h2-8H2,1H3,(H,11,12,13). The summed E-state index contributed by atoms with van der Waals surface area (Å²) in [5, 5.41) is 0. The van der Waals surface area contributed by atoms with Crippen molar-refractivity contribution >= 4 is 15.9 Å². The van der Waals surface area contributed by atoms with E-state index < -0.39 is 10.1 Å². The largest absolute Gasteiger partial charge is 0.300 e. The lowest BCUT2D eigenvalue weighted by Crippen LogP contribution is -2.06. The Hall–Kier alpha value is -0.420. The van der Waals surface area contributed by atoms with Gasteiger partial charge in [-0.3, -0.25) is 9.35 Å². The first-order valence-corrected chi connectivity index (χ1v) is 6.53. The lowest BCUT2D eigenvalue weighted by atomic mass is 10.1. The molecule has 0 rings (SSSR count). The summed E-state index contributed by atoms with van der Waals surface area (Å²) < 4.78 is 29.0. The molecular weight excluding hydrogens is 204 g/mol. The first-order chi connectivity index (χ1) is 6.45. The molecule has 0 aliphatic heterocycles. The average molecular weight is 222 g/mol. The van der Waals surface area contributed by atoms with E-state index in [2.05, 4.69) is 6.92 Å². The molecule has 0 fully saturated rings. The van der Waals surface area contributed by atoms with E-state index in [4.69, 9.17) is 4.55 Å². The van der Waals surface area contributed by atoms with Crippen LogP contribution in [0.4, 0.5) is 0 Å². The van der Waals surface area contributed by atoms with Crippen molar-refractivity contribution in [1.29, 1.82) is 0 Å². The van der Waals surface area contributed by atoms with Crippen LogP contribution < -0.4 is 0 Å². The Morgan fingerprint density at radius 1 is 1.14 bits per heavy atom. The van der Waals surface area contributed by atoms with Crippen molar-refractivity contribution in [1.82, 2.24) is 0 Å². The van der Waals surface area contributed by atoms with Crippen molar-refractivity contribution in [3.8, 4) is 0 Å². The van der Waals surface area contributed by atoms with Gasteiger partial charge < -0.3 is 0 Å². The van der Waals surface area contributed by atoms with Crippen molar-refractivity contribution in [2.45, 2.75) is 45.4 Å². The Labute approximate surface area is 85.4 Å². The maximum absolute atomic E-state index is 11.1. The highest BCUT2D eigenvalue weighted by Crippen LogP contribution is 2.04. The van der Waals surface area contributed by atoms with Crippen LogP contribution in [0, 0.1) is 0 Å². The number of Topliss-reactive ketones (excluding diaryl/α,β-unsaturated/α-hetero) is 1. The number of hydrogen-bond donors (Lipinski definition) is 1. The molecule has 0 saturated heterocycles. The number of carbonyl (C=O) groups is 1. The summed E-state index contributed by atoms with van der Waals surface area (Å²) >= 11 is 0. The summed E-state index contributed by atoms with van der Waals surface area (Å²) in [6.45, 7) is 2.06. The average Bonchev–Trinajstić information content (AvgIpc) is 2.02. The van der Waals surface area contributed by atoms with E-state index in [0.29, 0.717) is 6.42 Å². The van der Waals surface area contributed by atoms with Crippen molar-refractivity contribution < 1.29 is 17.8 Å². The number of hydrogen-bond acceptors (Lipinski definition) is 3. The minimum absolute atomic E-state index is 0.0853. The summed E-state index contributed by atoms with van der Waals surface area (Å²) in [6, 6.07) is 0. The minimum Gasteiger partial charge on any atom is -0.300 e. The van der Waals surface area contributed by atoms with Gasteiger partial charge in [-0.2, -0.15) is 8.42 Å². The fourth-order valence-electron chi connectivity index (χ4n) is 1.15. The molecule has 4 nitrogen and oxygen atoms in total. The van der Waals surface area contributed by atoms with Gasteiger partial charge in [0.15, 0.2) is 0 Å². The lowest BCUT2D eigenvalue weighted by Gasteiger charge is -1.99. The third-order valence-electron chi connectivity index (χ3n) is 1.92. The second-order valence-electron chi connectivity index (χ2n) is 3.39. The Kier molecular flexibility index (Phi) is 6.74. The van der Waals surface area contributed by atoms with E-state index in [-0.39, 0.29) is 24.4 Å². The zero-order valence-electron chi connectivity index (χ0n) is 8.53. The minimum atomic E-state index is -3.90. The van der Waals surface area contributed by atoms with Crippen molar-refractivity contribution in [3.05, 3.63) is 0 Å². The summed E-state index contributed by atoms with van der Waals surface area (Å²) in [7, 11) is -3.90. The van der Waals surface area contributed by atoms with E-state index in [1.54, 1.807) is 0 Å². The van der Waals surface area contributed by atoms with Gasteiger partial charge in [-0.25, -0.2) is 0 Å². The van der Waals surface area contributed by atoms with Gasteiger partial charge in [-0.15, -0.1) is 0 Å². The van der Waals surface area contributed by atoms with E-state index in [9.17, 15) is 13.2 Å². The molecule has 84 valence electrons. The van der Waals surface area contributed by atoms with Gasteiger partial charge >= 0.3 is 0 Å². The summed E-state index contributed by atoms with van der Waals surface area (Å²) in [4.78, 5) is 11.1. The lowest BCUT2D eigenvalue weighted by molar-refractivity contribution is -0.119. The molecule has 0 saturated carbocycles. The predicted molar refractivity (Wildman–Crippen MR) is 54.8 cm³/mol. The van der Waals surface area contributed by atoms with Gasteiger partial charge in [0.05, 0.1) is 5.75 Å². The molecule has 0 aromatic carbocycles. The van der Waals surface area contributed by atoms with Gasteiger partial charge in [0, 0.05) is 12.8 Å². The second-order valence-corrected chi connectivity index (χ2v) is 4.96. The fraction of sp³-hybridized carbons (Fsp3) is 0.889. The number of unbranched alkanes of at least 4 members (excludes halogenated alkanes) is 2. The Morgan fingerprint density at radius 3 is 2.21 bits per heavy atom. The zero-order chi connectivity index (χ0) is 11.0. The van der Waals surface area contributed by atoms with E-state index in [1.807, 2.05) is 0 Å². The van der Waals surface area contributed by atoms with Crippen LogP contribution >= 0.6 is 0 Å². The van der Waals surface area contributed by atoms with Crippen LogP contribution in [0.3, 0.4) is 0 Å². The van der Waals surface area contributed by atoms with Crippen LogP contribution in [-0.4, -0.2) is 24.5 Å². The molecule has 0 aromatic rings. The normalized spacial score (nSPS) is 11.6. The van der Waals surface area contributed by atoms with E-state index in [0.717, 1.165) is 19.3 Å². The first-order valence-electron chi connectivity index (χ1n) is 4.92. The molecule has 0 aromatic heterocycles. The second kappa shape index (κ2) is 6.95. The number of carbonyl (C=O) groups excluding carboxylic acids is 1. The number of ketones is 1. The quantitative estimate of drug-likeness (QED) is 0.502. The highest BCUT2D eigenvalue weighted by Gasteiger charge is 2.07. The third kappa shape index (κ3) is 9.67. The highest BCUT2D eigenvalue weighted by molar-refractivity contribution is 7.85. The molecule has 5 heteroatoms. The Bertz CT molecular complexity index is 256. The van der Waals surface area contributed by atoms with Crippen molar-refractivity contribution in [2.75, 3.05) is 5.75 Å². The van der Waals surface area contributed by atoms with Crippen LogP contribution in [0.2, 0.25) is 0 Å². The molecule has 14 heavy (non-hydrogen) atoms. The van der Waals surface area contributed by atoms with Crippen LogP contribution in [0.15, 0.2) is 0 Å². The first kappa shape index (κ1) is 13.6. The highest BCUT2D eigenvalue weighted by atomic mass is 32.2. The predicted octanol–water partition coefficient (Wildman–Crippen LogP) is 1.80. The van der Waals surface area contributed by atoms with Crippen molar-refractivity contribution in [3.63, 3.8) is 0 Å². The van der Waals surface area contributed by atoms with Gasteiger partial charge in [-0.05, 0) is 12.8 Å². The van der Waals surface area contributed by atoms with Crippen LogP contribution in [-0.2, 0) is 14.9 Å².